The summed E-state index contributed by atoms with van der Waals surface area (Å²) in [6, 6.07) is 73.8. The van der Waals surface area contributed by atoms with Crippen LogP contribution in [0.25, 0.3) is 94.5 Å². The first-order valence-electron chi connectivity index (χ1n) is 25.7. The molecule has 2 aromatic heterocycles. The van der Waals surface area contributed by atoms with Crippen molar-refractivity contribution in [3.8, 4) is 67.5 Å². The van der Waals surface area contributed by atoms with Crippen LogP contribution in [-0.4, -0.2) is 15.0 Å². The zero-order valence-electron chi connectivity index (χ0n) is 40.8. The summed E-state index contributed by atoms with van der Waals surface area (Å²) in [6.45, 7) is 6.40. The quantitative estimate of drug-likeness (QED) is 0.156. The zero-order valence-corrected chi connectivity index (χ0v) is 41.6. The summed E-state index contributed by atoms with van der Waals surface area (Å²) in [6.07, 6.45) is 13.1. The molecule has 2 spiro atoms. The average molecular weight is 962 g/mol. The summed E-state index contributed by atoms with van der Waals surface area (Å²) in [4.78, 5) is 17.4. The Bertz CT molecular complexity index is 4250. The number of hydrogen-bond donors (Lipinski definition) is 0. The van der Waals surface area contributed by atoms with Gasteiger partial charge in [-0.05, 0) is 120 Å². The molecule has 0 radical (unpaired) electrons. The Morgan fingerprint density at radius 3 is 1.82 bits per heavy atom. The number of aryl methyl sites for hydroxylation is 1. The second kappa shape index (κ2) is 16.3. The Morgan fingerprint density at radius 1 is 0.486 bits per heavy atom. The first-order chi connectivity index (χ1) is 36.6. The van der Waals surface area contributed by atoms with Gasteiger partial charge in [-0.25, -0.2) is 15.0 Å². The van der Waals surface area contributed by atoms with E-state index in [1.165, 1.54) is 87.3 Å². The van der Waals surface area contributed by atoms with Gasteiger partial charge in [0.25, 0.3) is 0 Å². The molecule has 4 aliphatic carbocycles. The molecule has 0 fully saturated rings. The van der Waals surface area contributed by atoms with Crippen LogP contribution in [0.2, 0.25) is 0 Å². The SMILES string of the molecule is C=C/C=C\c1c(C)sc2ccc3c(c12)-c1c(-c2ccccc2-c2nc(-c4ccccc4)nc(-c4cccc5ccccc45)n2)cccc1C31C2=C(C=CCC2)C2(c3ccccc3-c3ccccc32)c2ccccc21. The van der Waals surface area contributed by atoms with Gasteiger partial charge in [-0.2, -0.15) is 0 Å². The molecule has 0 amide bonds. The lowest BCUT2D eigenvalue weighted by Gasteiger charge is -2.50. The standard InChI is InChI=1S/C70H47N3S/c1-3-4-26-46-43(2)74-62-42-41-61-65(64(46)62)63-51(48-28-10-11-31-53(48)68-72-66(45-23-6-5-7-24-45)71-67(73-68)52-33-20-25-44-22-8-9-27-47(44)52)32-21-40-60(63)70(61)58-38-18-16-36-56(58)69(57-37-17-19-39-59(57)70)54-34-14-12-29-49(54)50-30-13-15-35-55(50)69/h3-18,20-38,40-42H,1,19,39H2,2H3/b26-4-. The highest BCUT2D eigenvalue weighted by Gasteiger charge is 2.60. The van der Waals surface area contributed by atoms with Gasteiger partial charge in [0.1, 0.15) is 0 Å². The molecule has 74 heavy (non-hydrogen) atoms. The van der Waals surface area contributed by atoms with E-state index >= 15 is 0 Å². The molecule has 9 aromatic carbocycles. The third-order valence-electron chi connectivity index (χ3n) is 16.5. The molecule has 348 valence electrons. The van der Waals surface area contributed by atoms with Crippen molar-refractivity contribution >= 4 is 38.3 Å². The lowest BCUT2D eigenvalue weighted by atomic mass is 9.51. The van der Waals surface area contributed by atoms with Crippen LogP contribution in [0.15, 0.2) is 242 Å². The fraction of sp³-hybridized carbons (Fsp3) is 0.0714. The van der Waals surface area contributed by atoms with E-state index in [2.05, 4.69) is 232 Å². The summed E-state index contributed by atoms with van der Waals surface area (Å²) >= 11 is 1.88. The molecule has 4 aliphatic rings. The van der Waals surface area contributed by atoms with Crippen LogP contribution in [0.4, 0.5) is 0 Å². The maximum atomic E-state index is 5.47. The van der Waals surface area contributed by atoms with E-state index in [1.54, 1.807) is 0 Å². The van der Waals surface area contributed by atoms with Crippen LogP contribution >= 0.6 is 11.3 Å². The molecular formula is C70H47N3S. The van der Waals surface area contributed by atoms with Gasteiger partial charge < -0.3 is 0 Å². The molecule has 1 atom stereocenters. The van der Waals surface area contributed by atoms with E-state index in [0.717, 1.165) is 51.4 Å². The van der Waals surface area contributed by atoms with Gasteiger partial charge in [0, 0.05) is 31.7 Å². The second-order valence-corrected chi connectivity index (χ2v) is 21.2. The number of aromatic nitrogens is 3. The topological polar surface area (TPSA) is 38.7 Å². The van der Waals surface area contributed by atoms with Gasteiger partial charge in [0.05, 0.1) is 10.8 Å². The third-order valence-corrected chi connectivity index (χ3v) is 17.6. The summed E-state index contributed by atoms with van der Waals surface area (Å²) < 4.78 is 1.28. The summed E-state index contributed by atoms with van der Waals surface area (Å²) in [5.41, 5.74) is 21.4. The smallest absolute Gasteiger partial charge is 0.164 e. The highest BCUT2D eigenvalue weighted by atomic mass is 32.1. The molecule has 4 heteroatoms. The Kier molecular flexibility index (Phi) is 9.46. The molecule has 0 N–H and O–H groups in total. The number of benzene rings is 9. The van der Waals surface area contributed by atoms with Crippen molar-refractivity contribution < 1.29 is 0 Å². The van der Waals surface area contributed by atoms with Crippen LogP contribution in [0.5, 0.6) is 0 Å². The molecule has 3 nitrogen and oxygen atoms in total. The molecule has 15 rings (SSSR count). The van der Waals surface area contributed by atoms with E-state index in [4.69, 9.17) is 15.0 Å². The molecule has 1 unspecified atom stereocenters. The van der Waals surface area contributed by atoms with Crippen LogP contribution < -0.4 is 0 Å². The Hall–Kier alpha value is -8.83. The van der Waals surface area contributed by atoms with Crippen LogP contribution in [0.1, 0.15) is 56.7 Å². The normalized spacial score (nSPS) is 16.4. The molecule has 0 saturated carbocycles. The van der Waals surface area contributed by atoms with Gasteiger partial charge in [0.15, 0.2) is 17.5 Å². The minimum absolute atomic E-state index is 0.494. The van der Waals surface area contributed by atoms with E-state index in [1.807, 2.05) is 23.5 Å². The average Bonchev–Trinajstić information content (AvgIpc) is 4.18. The molecule has 0 bridgehead atoms. The Balaban J connectivity index is 1.06. The van der Waals surface area contributed by atoms with Crippen LogP contribution in [0.3, 0.4) is 0 Å². The monoisotopic (exact) mass is 961 g/mol. The first-order valence-corrected chi connectivity index (χ1v) is 26.5. The van der Waals surface area contributed by atoms with Gasteiger partial charge in [-0.1, -0.05) is 231 Å². The number of thiophene rings is 1. The first kappa shape index (κ1) is 42.8. The maximum absolute atomic E-state index is 5.47. The van der Waals surface area contributed by atoms with Gasteiger partial charge >= 0.3 is 0 Å². The molecule has 0 aliphatic heterocycles. The van der Waals surface area contributed by atoms with Gasteiger partial charge in [-0.3, -0.25) is 0 Å². The van der Waals surface area contributed by atoms with Gasteiger partial charge in [-0.15, -0.1) is 11.3 Å². The van der Waals surface area contributed by atoms with Crippen molar-refractivity contribution in [1.82, 2.24) is 15.0 Å². The van der Waals surface area contributed by atoms with Crippen molar-refractivity contribution in [1.29, 1.82) is 0 Å². The molecule has 0 saturated heterocycles. The number of allylic oxidation sites excluding steroid dienone is 6. The van der Waals surface area contributed by atoms with Crippen molar-refractivity contribution in [3.05, 3.63) is 286 Å². The molecule has 2 heterocycles. The summed E-state index contributed by atoms with van der Waals surface area (Å²) in [5, 5.41) is 3.53. The number of rotatable bonds is 6. The fourth-order valence-electron chi connectivity index (χ4n) is 13.7. The van der Waals surface area contributed by atoms with Crippen molar-refractivity contribution in [3.63, 3.8) is 0 Å². The largest absolute Gasteiger partial charge is 0.208 e. The lowest BCUT2D eigenvalue weighted by molar-refractivity contribution is 0.590. The van der Waals surface area contributed by atoms with E-state index < -0.39 is 10.8 Å². The second-order valence-electron chi connectivity index (χ2n) is 20.0. The van der Waals surface area contributed by atoms with Crippen molar-refractivity contribution in [2.24, 2.45) is 0 Å². The third kappa shape index (κ3) is 5.74. The maximum Gasteiger partial charge on any atom is 0.164 e. The minimum Gasteiger partial charge on any atom is -0.208 e. The predicted molar refractivity (Wildman–Crippen MR) is 307 cm³/mol. The fourth-order valence-corrected chi connectivity index (χ4v) is 14.8. The summed E-state index contributed by atoms with van der Waals surface area (Å²) in [5.74, 6) is 1.91. The van der Waals surface area contributed by atoms with Crippen molar-refractivity contribution in [2.75, 3.05) is 0 Å². The van der Waals surface area contributed by atoms with Crippen LogP contribution in [-0.2, 0) is 10.8 Å². The Morgan fingerprint density at radius 2 is 1.05 bits per heavy atom. The Labute approximate surface area is 435 Å². The molecular weight excluding hydrogens is 915 g/mol. The van der Waals surface area contributed by atoms with E-state index in [0.29, 0.717) is 17.5 Å². The van der Waals surface area contributed by atoms with Crippen molar-refractivity contribution in [2.45, 2.75) is 30.6 Å². The predicted octanol–water partition coefficient (Wildman–Crippen LogP) is 17.7. The van der Waals surface area contributed by atoms with Gasteiger partial charge in [0.2, 0.25) is 0 Å². The summed E-state index contributed by atoms with van der Waals surface area (Å²) in [7, 11) is 0. The highest BCUT2D eigenvalue weighted by Crippen LogP contribution is 2.70. The highest BCUT2D eigenvalue weighted by molar-refractivity contribution is 7.19. The van der Waals surface area contributed by atoms with E-state index in [-0.39, 0.29) is 0 Å². The number of nitrogens with zero attached hydrogens (tertiary/aromatic N) is 3. The lowest BCUT2D eigenvalue weighted by Crippen LogP contribution is -2.44. The molecule has 11 aromatic rings. The van der Waals surface area contributed by atoms with Crippen LogP contribution in [0, 0.1) is 6.92 Å². The number of hydrogen-bond acceptors (Lipinski definition) is 4. The minimum atomic E-state index is -0.608. The number of fused-ring (bicyclic) bond motifs is 18. The zero-order chi connectivity index (χ0) is 49.1. The van der Waals surface area contributed by atoms with E-state index in [9.17, 15) is 0 Å².